The van der Waals surface area contributed by atoms with Crippen molar-refractivity contribution in [1.82, 2.24) is 9.78 Å². The fraction of sp³-hybridized carbons (Fsp3) is 0. The maximum atomic E-state index is 13.5. The number of carbonyl (C=O) groups is 1. The zero-order chi connectivity index (χ0) is 10.8. The predicted molar refractivity (Wildman–Crippen MR) is 50.5 cm³/mol. The minimum atomic E-state index is -1.32. The van der Waals surface area contributed by atoms with Crippen LogP contribution in [-0.2, 0) is 0 Å². The summed E-state index contributed by atoms with van der Waals surface area (Å²) in [6.07, 6.45) is 0.991. The summed E-state index contributed by atoms with van der Waals surface area (Å²) in [7, 11) is 0. The minimum Gasteiger partial charge on any atom is -0.477 e. The fourth-order valence-electron chi connectivity index (χ4n) is 1.23. The molecule has 0 aliphatic carbocycles. The van der Waals surface area contributed by atoms with Gasteiger partial charge in [0.05, 0.1) is 11.9 Å². The number of hydrogen-bond donors (Lipinski definition) is 1. The number of hydrogen-bond acceptors (Lipinski definition) is 2. The average Bonchev–Trinajstić information content (AvgIpc) is 2.61. The van der Waals surface area contributed by atoms with Crippen LogP contribution in [0, 0.1) is 5.95 Å². The lowest BCUT2D eigenvalue weighted by molar-refractivity contribution is 0.0691. The van der Waals surface area contributed by atoms with Crippen molar-refractivity contribution in [3.8, 4) is 5.69 Å². The van der Waals surface area contributed by atoms with E-state index < -0.39 is 17.5 Å². The molecule has 0 saturated carbocycles. The Morgan fingerprint density at radius 2 is 2.00 bits per heavy atom. The summed E-state index contributed by atoms with van der Waals surface area (Å²) >= 11 is 0. The molecule has 0 saturated heterocycles. The summed E-state index contributed by atoms with van der Waals surface area (Å²) < 4.78 is 14.4. The van der Waals surface area contributed by atoms with Crippen LogP contribution in [-0.4, -0.2) is 20.9 Å². The molecule has 0 spiro atoms. The maximum Gasteiger partial charge on any atom is 0.342 e. The molecule has 0 bridgehead atoms. The molecule has 76 valence electrons. The van der Waals surface area contributed by atoms with E-state index >= 15 is 0 Å². The van der Waals surface area contributed by atoms with E-state index in [2.05, 4.69) is 5.10 Å². The third-order valence-corrected chi connectivity index (χ3v) is 1.94. The highest BCUT2D eigenvalue weighted by molar-refractivity contribution is 5.87. The van der Waals surface area contributed by atoms with Gasteiger partial charge in [-0.1, -0.05) is 18.2 Å². The Morgan fingerprint density at radius 1 is 1.33 bits per heavy atom. The molecule has 15 heavy (non-hydrogen) atoms. The highest BCUT2D eigenvalue weighted by atomic mass is 19.1. The van der Waals surface area contributed by atoms with Gasteiger partial charge in [0.2, 0.25) is 5.95 Å². The lowest BCUT2D eigenvalue weighted by Crippen LogP contribution is -2.03. The van der Waals surface area contributed by atoms with Gasteiger partial charge in [0.15, 0.2) is 0 Å². The number of carboxylic acid groups (broad SMARTS) is 1. The molecule has 2 rings (SSSR count). The second-order valence-electron chi connectivity index (χ2n) is 2.90. The summed E-state index contributed by atoms with van der Waals surface area (Å²) in [4.78, 5) is 10.6. The van der Waals surface area contributed by atoms with Gasteiger partial charge in [-0.2, -0.15) is 9.49 Å². The Hall–Kier alpha value is -2.17. The normalized spacial score (nSPS) is 10.2. The molecule has 0 unspecified atom stereocenters. The van der Waals surface area contributed by atoms with E-state index in [1.807, 2.05) is 0 Å². The lowest BCUT2D eigenvalue weighted by atomic mass is 10.3. The van der Waals surface area contributed by atoms with Crippen LogP contribution in [0.5, 0.6) is 0 Å². The van der Waals surface area contributed by atoms with Gasteiger partial charge >= 0.3 is 5.97 Å². The van der Waals surface area contributed by atoms with E-state index in [1.165, 1.54) is 0 Å². The molecule has 1 heterocycles. The number of nitrogens with zero attached hydrogens (tertiary/aromatic N) is 2. The van der Waals surface area contributed by atoms with Crippen molar-refractivity contribution >= 4 is 5.97 Å². The van der Waals surface area contributed by atoms with Crippen molar-refractivity contribution in [2.45, 2.75) is 0 Å². The minimum absolute atomic E-state index is 0.432. The molecule has 5 heteroatoms. The lowest BCUT2D eigenvalue weighted by Gasteiger charge is -2.00. The molecule has 1 aromatic heterocycles. The first-order valence-electron chi connectivity index (χ1n) is 4.22. The Labute approximate surface area is 84.6 Å². The monoisotopic (exact) mass is 206 g/mol. The molecule has 0 atom stereocenters. The Morgan fingerprint density at radius 3 is 2.53 bits per heavy atom. The van der Waals surface area contributed by atoms with Crippen LogP contribution in [0.25, 0.3) is 5.69 Å². The van der Waals surface area contributed by atoms with Crippen molar-refractivity contribution in [3.63, 3.8) is 0 Å². The van der Waals surface area contributed by atoms with Gasteiger partial charge in [-0.05, 0) is 12.1 Å². The van der Waals surface area contributed by atoms with Gasteiger partial charge in [0.25, 0.3) is 0 Å². The van der Waals surface area contributed by atoms with Crippen molar-refractivity contribution in [2.24, 2.45) is 0 Å². The highest BCUT2D eigenvalue weighted by Crippen LogP contribution is 2.12. The SMILES string of the molecule is O=C(O)c1cnn(-c2ccccc2)c1F. The molecule has 4 nitrogen and oxygen atoms in total. The van der Waals surface area contributed by atoms with Gasteiger partial charge in [-0.15, -0.1) is 0 Å². The van der Waals surface area contributed by atoms with Crippen LogP contribution in [0.4, 0.5) is 4.39 Å². The molecule has 0 amide bonds. The van der Waals surface area contributed by atoms with E-state index in [-0.39, 0.29) is 0 Å². The Bertz CT molecular complexity index is 493. The van der Waals surface area contributed by atoms with Crippen molar-refractivity contribution in [3.05, 3.63) is 48.0 Å². The quantitative estimate of drug-likeness (QED) is 0.813. The summed E-state index contributed by atoms with van der Waals surface area (Å²) in [5.74, 6) is -2.19. The molecule has 1 aromatic carbocycles. The topological polar surface area (TPSA) is 55.1 Å². The maximum absolute atomic E-state index is 13.5. The zero-order valence-corrected chi connectivity index (χ0v) is 7.59. The van der Waals surface area contributed by atoms with Crippen molar-refractivity contribution in [2.75, 3.05) is 0 Å². The average molecular weight is 206 g/mol. The van der Waals surface area contributed by atoms with E-state index in [0.29, 0.717) is 5.69 Å². The van der Waals surface area contributed by atoms with Crippen molar-refractivity contribution in [1.29, 1.82) is 0 Å². The summed E-state index contributed by atoms with van der Waals surface area (Å²) in [6, 6.07) is 8.50. The van der Waals surface area contributed by atoms with E-state index in [0.717, 1.165) is 10.9 Å². The molecule has 0 fully saturated rings. The van der Waals surface area contributed by atoms with E-state index in [9.17, 15) is 9.18 Å². The molecular formula is C10H7FN2O2. The van der Waals surface area contributed by atoms with Crippen LogP contribution < -0.4 is 0 Å². The number of aromatic carboxylic acids is 1. The van der Waals surface area contributed by atoms with Gasteiger partial charge in [-0.25, -0.2) is 9.48 Å². The number of halogens is 1. The second kappa shape index (κ2) is 3.53. The van der Waals surface area contributed by atoms with Crippen LogP contribution >= 0.6 is 0 Å². The zero-order valence-electron chi connectivity index (χ0n) is 7.59. The molecule has 2 aromatic rings. The standard InChI is InChI=1S/C10H7FN2O2/c11-9-8(10(14)15)6-12-13(9)7-4-2-1-3-5-7/h1-6H,(H,14,15). The van der Waals surface area contributed by atoms with Crippen LogP contribution in [0.3, 0.4) is 0 Å². The van der Waals surface area contributed by atoms with Crippen molar-refractivity contribution < 1.29 is 14.3 Å². The number of carboxylic acids is 1. The van der Waals surface area contributed by atoms with Gasteiger partial charge in [0, 0.05) is 0 Å². The smallest absolute Gasteiger partial charge is 0.342 e. The summed E-state index contributed by atoms with van der Waals surface area (Å²) in [6.45, 7) is 0. The van der Waals surface area contributed by atoms with Crippen LogP contribution in [0.15, 0.2) is 36.5 Å². The Kier molecular flexibility index (Phi) is 2.21. The third-order valence-electron chi connectivity index (χ3n) is 1.94. The largest absolute Gasteiger partial charge is 0.477 e. The first-order chi connectivity index (χ1) is 7.20. The molecule has 1 N–H and O–H groups in total. The first-order valence-corrected chi connectivity index (χ1v) is 4.22. The molecular weight excluding hydrogens is 199 g/mol. The predicted octanol–water partition coefficient (Wildman–Crippen LogP) is 1.71. The highest BCUT2D eigenvalue weighted by Gasteiger charge is 2.16. The van der Waals surface area contributed by atoms with E-state index in [1.54, 1.807) is 30.3 Å². The summed E-state index contributed by atoms with van der Waals surface area (Å²) in [5, 5.41) is 12.3. The molecule has 0 radical (unpaired) electrons. The first kappa shape index (κ1) is 9.39. The van der Waals surface area contributed by atoms with Gasteiger partial charge in [-0.3, -0.25) is 0 Å². The molecule has 0 aliphatic heterocycles. The number of aromatic nitrogens is 2. The van der Waals surface area contributed by atoms with Crippen LogP contribution in [0.1, 0.15) is 10.4 Å². The van der Waals surface area contributed by atoms with Gasteiger partial charge < -0.3 is 5.11 Å². The van der Waals surface area contributed by atoms with Crippen LogP contribution in [0.2, 0.25) is 0 Å². The number of para-hydroxylation sites is 1. The van der Waals surface area contributed by atoms with Gasteiger partial charge in [0.1, 0.15) is 5.56 Å². The fourth-order valence-corrected chi connectivity index (χ4v) is 1.23. The molecule has 0 aliphatic rings. The van der Waals surface area contributed by atoms with E-state index in [4.69, 9.17) is 5.11 Å². The third kappa shape index (κ3) is 1.59. The second-order valence-corrected chi connectivity index (χ2v) is 2.90. The number of benzene rings is 1. The number of rotatable bonds is 2. The summed E-state index contributed by atoms with van der Waals surface area (Å²) in [5.41, 5.74) is 0.0568. The Balaban J connectivity index is 2.52.